The molecule has 1 aliphatic carbocycles. The molecule has 1 N–H and O–H groups in total. The first kappa shape index (κ1) is 20.9. The maximum atomic E-state index is 13.5. The highest BCUT2D eigenvalue weighted by Crippen LogP contribution is 2.37. The van der Waals surface area contributed by atoms with E-state index in [-0.39, 0.29) is 21.0 Å². The summed E-state index contributed by atoms with van der Waals surface area (Å²) < 4.78 is 68.1. The highest BCUT2D eigenvalue weighted by atomic mass is 79.9. The fourth-order valence-corrected chi connectivity index (χ4v) is 3.94. The van der Waals surface area contributed by atoms with Gasteiger partial charge in [-0.25, -0.2) is 9.97 Å². The van der Waals surface area contributed by atoms with Crippen LogP contribution in [0.15, 0.2) is 76.4 Å². The second-order valence-corrected chi connectivity index (χ2v) is 8.15. The van der Waals surface area contributed by atoms with Gasteiger partial charge in [0.2, 0.25) is 0 Å². The van der Waals surface area contributed by atoms with Gasteiger partial charge in [0.15, 0.2) is 5.03 Å². The summed E-state index contributed by atoms with van der Waals surface area (Å²) >= 11 is 3.07. The van der Waals surface area contributed by atoms with E-state index in [0.717, 1.165) is 12.1 Å². The number of sulfonamides is 1. The van der Waals surface area contributed by atoms with Crippen molar-refractivity contribution in [2.24, 2.45) is 0 Å². The summed E-state index contributed by atoms with van der Waals surface area (Å²) in [5.74, 6) is -0.284. The molecule has 2 aromatic rings. The van der Waals surface area contributed by atoms with Crippen LogP contribution in [-0.2, 0) is 16.2 Å². The van der Waals surface area contributed by atoms with E-state index in [0.29, 0.717) is 5.57 Å². The average Bonchev–Trinajstić information content (AvgIpc) is 2.66. The van der Waals surface area contributed by atoms with Crippen LogP contribution in [0, 0.1) is 6.08 Å². The van der Waals surface area contributed by atoms with Gasteiger partial charge in [0, 0.05) is 6.08 Å². The van der Waals surface area contributed by atoms with Crippen LogP contribution in [0.3, 0.4) is 0 Å². The van der Waals surface area contributed by atoms with E-state index in [1.807, 2.05) is 0 Å². The number of pyridine rings is 2. The van der Waals surface area contributed by atoms with Crippen LogP contribution in [-0.4, -0.2) is 18.4 Å². The van der Waals surface area contributed by atoms with Crippen molar-refractivity contribution >= 4 is 37.3 Å². The zero-order valence-corrected chi connectivity index (χ0v) is 16.9. The summed E-state index contributed by atoms with van der Waals surface area (Å²) in [6.07, 6.45) is 3.79. The van der Waals surface area contributed by atoms with Crippen LogP contribution in [0.25, 0.3) is 5.57 Å². The number of hydrogen-bond acceptors (Lipinski definition) is 4. The summed E-state index contributed by atoms with van der Waals surface area (Å²) in [7, 11) is -4.16. The lowest BCUT2D eigenvalue weighted by molar-refractivity contribution is -0.138. The maximum absolute atomic E-state index is 13.5. The van der Waals surface area contributed by atoms with Crippen molar-refractivity contribution in [3.8, 4) is 0 Å². The second kappa shape index (κ2) is 7.90. The summed E-state index contributed by atoms with van der Waals surface area (Å²) in [4.78, 5) is 7.78. The van der Waals surface area contributed by atoms with Gasteiger partial charge in [0.1, 0.15) is 33.8 Å². The van der Waals surface area contributed by atoms with Crippen molar-refractivity contribution in [3.05, 3.63) is 88.7 Å². The van der Waals surface area contributed by atoms with Crippen molar-refractivity contribution in [1.29, 1.82) is 0 Å². The van der Waals surface area contributed by atoms with Crippen molar-refractivity contribution in [2.75, 3.05) is 4.72 Å². The maximum Gasteiger partial charge on any atom is 0.419 e. The van der Waals surface area contributed by atoms with Crippen LogP contribution in [0.1, 0.15) is 11.3 Å². The molecule has 0 amide bonds. The lowest BCUT2D eigenvalue weighted by Gasteiger charge is -2.14. The first-order valence-corrected chi connectivity index (χ1v) is 10.3. The number of hydrogen-bond donors (Lipinski definition) is 1. The van der Waals surface area contributed by atoms with Crippen molar-refractivity contribution < 1.29 is 21.6 Å². The number of alkyl halides is 3. The number of aromatic nitrogens is 2. The molecule has 2 aromatic heterocycles. The first-order valence-electron chi connectivity index (χ1n) is 7.98. The lowest BCUT2D eigenvalue weighted by Crippen LogP contribution is -2.17. The van der Waals surface area contributed by atoms with Crippen LogP contribution in [0.4, 0.5) is 19.0 Å². The summed E-state index contributed by atoms with van der Waals surface area (Å²) in [5.41, 5.74) is -0.928. The van der Waals surface area contributed by atoms with E-state index >= 15 is 0 Å². The number of nitrogens with one attached hydrogen (secondary N) is 1. The molecule has 0 aromatic carbocycles. The molecule has 0 saturated heterocycles. The Bertz CT molecular complexity index is 1170. The Labute approximate surface area is 173 Å². The quantitative estimate of drug-likeness (QED) is 0.484. The molecule has 148 valence electrons. The molecule has 0 atom stereocenters. The third kappa shape index (κ3) is 4.61. The number of anilines is 1. The van der Waals surface area contributed by atoms with Crippen molar-refractivity contribution in [3.63, 3.8) is 0 Å². The molecule has 0 fully saturated rings. The van der Waals surface area contributed by atoms with Gasteiger partial charge in [-0.3, -0.25) is 4.72 Å². The lowest BCUT2D eigenvalue weighted by atomic mass is 9.96. The average molecular weight is 483 g/mol. The Morgan fingerprint density at radius 2 is 1.93 bits per heavy atom. The molecular formula is C19H12BrF3N3O2S+. The molecule has 0 bridgehead atoms. The van der Waals surface area contributed by atoms with Gasteiger partial charge in [-0.15, -0.1) is 0 Å². The Morgan fingerprint density at radius 1 is 1.17 bits per heavy atom. The standard InChI is InChI=1S/C19H12BrF3N3O2S/c1-2-12-6-3-4-7-13(12)18-14(19(21,22)23)10-11-16(25-18)26-29(27,28)17-9-5-8-15(20)24-17/h2-3,5-11H,1H2,(H,25,26)/q+1. The Kier molecular flexibility index (Phi) is 5.70. The second-order valence-electron chi connectivity index (χ2n) is 5.71. The largest absolute Gasteiger partial charge is 0.419 e. The van der Waals surface area contributed by atoms with E-state index in [1.165, 1.54) is 42.5 Å². The molecule has 5 nitrogen and oxygen atoms in total. The van der Waals surface area contributed by atoms with Gasteiger partial charge in [-0.1, -0.05) is 12.6 Å². The highest BCUT2D eigenvalue weighted by Gasteiger charge is 2.37. The van der Waals surface area contributed by atoms with Crippen molar-refractivity contribution in [2.45, 2.75) is 11.2 Å². The smallest absolute Gasteiger partial charge is 0.262 e. The molecule has 10 heteroatoms. The molecule has 0 radical (unpaired) electrons. The first-order chi connectivity index (χ1) is 13.6. The molecule has 1 aliphatic rings. The van der Waals surface area contributed by atoms with Gasteiger partial charge in [0.25, 0.3) is 10.0 Å². The van der Waals surface area contributed by atoms with E-state index in [4.69, 9.17) is 0 Å². The third-order valence-electron chi connectivity index (χ3n) is 3.78. The Balaban J connectivity index is 2.11. The number of halogens is 4. The molecule has 0 aliphatic heterocycles. The van der Waals surface area contributed by atoms with Crippen LogP contribution in [0.2, 0.25) is 0 Å². The zero-order valence-electron chi connectivity index (χ0n) is 14.5. The molecule has 0 saturated carbocycles. The van der Waals surface area contributed by atoms with E-state index in [9.17, 15) is 21.6 Å². The fraction of sp³-hybridized carbons (Fsp3) is 0.0526. The minimum Gasteiger partial charge on any atom is -0.262 e. The SMILES string of the molecule is C=CC1=C(c2nc(NS(=O)(=O)c3cccc(Br)n3)ccc2C(F)(F)F)C=[C+]C=C1. The summed E-state index contributed by atoms with van der Waals surface area (Å²) in [5, 5.41) is -0.310. The third-order valence-corrected chi connectivity index (χ3v) is 5.47. The molecular weight excluding hydrogens is 471 g/mol. The molecule has 2 heterocycles. The van der Waals surface area contributed by atoms with Gasteiger partial charge < -0.3 is 0 Å². The van der Waals surface area contributed by atoms with E-state index < -0.39 is 27.5 Å². The monoisotopic (exact) mass is 482 g/mol. The normalized spacial score (nSPS) is 13.9. The Morgan fingerprint density at radius 3 is 2.59 bits per heavy atom. The van der Waals surface area contributed by atoms with Crippen LogP contribution < -0.4 is 4.72 Å². The predicted molar refractivity (Wildman–Crippen MR) is 106 cm³/mol. The fourth-order valence-electron chi connectivity index (χ4n) is 2.50. The minimum absolute atomic E-state index is 0.122. The van der Waals surface area contributed by atoms with Gasteiger partial charge >= 0.3 is 6.18 Å². The van der Waals surface area contributed by atoms with Crippen LogP contribution >= 0.6 is 15.9 Å². The van der Waals surface area contributed by atoms with Crippen LogP contribution in [0.5, 0.6) is 0 Å². The molecule has 29 heavy (non-hydrogen) atoms. The molecule has 0 unspecified atom stereocenters. The summed E-state index contributed by atoms with van der Waals surface area (Å²) in [6, 6.07) is 5.97. The van der Waals surface area contributed by atoms with Gasteiger partial charge in [0.05, 0.1) is 17.2 Å². The van der Waals surface area contributed by atoms with E-state index in [1.54, 1.807) is 0 Å². The topological polar surface area (TPSA) is 72.0 Å². The predicted octanol–water partition coefficient (Wildman–Crippen LogP) is 4.93. The summed E-state index contributed by atoms with van der Waals surface area (Å²) in [6.45, 7) is 3.59. The molecule has 3 rings (SSSR count). The van der Waals surface area contributed by atoms with E-state index in [2.05, 4.69) is 43.3 Å². The zero-order chi connectivity index (χ0) is 21.2. The van der Waals surface area contributed by atoms with Gasteiger partial charge in [-0.2, -0.15) is 21.6 Å². The number of rotatable bonds is 5. The van der Waals surface area contributed by atoms with Crippen molar-refractivity contribution in [1.82, 2.24) is 9.97 Å². The van der Waals surface area contributed by atoms with Gasteiger partial charge in [-0.05, 0) is 46.3 Å². The number of nitrogens with zero attached hydrogens (tertiary/aromatic N) is 2. The minimum atomic E-state index is -4.69. The highest BCUT2D eigenvalue weighted by molar-refractivity contribution is 9.10. The molecule has 0 spiro atoms. The number of allylic oxidation sites excluding steroid dienone is 7. The Hall–Kier alpha value is -2.81.